The standard InChI is InChI=1S/C14H24O3S/c1-10(2)18(16,17)8-7-14-6-5-11(9-12(14)15)13(14,3)4/h10-11H,5-9H2,1-4H3/t11-,14+/m0/s1. The van der Waals surface area contributed by atoms with Gasteiger partial charge in [-0.3, -0.25) is 4.79 Å². The molecule has 0 heterocycles. The monoisotopic (exact) mass is 272 g/mol. The summed E-state index contributed by atoms with van der Waals surface area (Å²) in [5.74, 6) is 0.932. The second kappa shape index (κ2) is 4.06. The summed E-state index contributed by atoms with van der Waals surface area (Å²) in [7, 11) is -3.04. The van der Waals surface area contributed by atoms with E-state index in [0.717, 1.165) is 12.8 Å². The molecule has 2 rings (SSSR count). The average molecular weight is 272 g/mol. The zero-order chi connectivity index (χ0) is 13.8. The maximum Gasteiger partial charge on any atom is 0.152 e. The van der Waals surface area contributed by atoms with Crippen LogP contribution in [0.25, 0.3) is 0 Å². The van der Waals surface area contributed by atoms with Crippen LogP contribution in [-0.2, 0) is 14.6 Å². The minimum atomic E-state index is -3.04. The van der Waals surface area contributed by atoms with Crippen molar-refractivity contribution in [2.75, 3.05) is 5.75 Å². The van der Waals surface area contributed by atoms with Gasteiger partial charge in [-0.25, -0.2) is 8.42 Å². The molecule has 2 bridgehead atoms. The van der Waals surface area contributed by atoms with Gasteiger partial charge in [0.25, 0.3) is 0 Å². The molecule has 2 saturated carbocycles. The van der Waals surface area contributed by atoms with E-state index < -0.39 is 9.84 Å². The number of fused-ring (bicyclic) bond motifs is 2. The lowest BCUT2D eigenvalue weighted by molar-refractivity contribution is -0.129. The second-order valence-electron chi connectivity index (χ2n) is 6.83. The van der Waals surface area contributed by atoms with Crippen molar-refractivity contribution in [1.29, 1.82) is 0 Å². The molecule has 18 heavy (non-hydrogen) atoms. The molecule has 0 radical (unpaired) electrons. The van der Waals surface area contributed by atoms with Crippen molar-refractivity contribution < 1.29 is 13.2 Å². The molecule has 0 amide bonds. The Bertz CT molecular complexity index is 461. The van der Waals surface area contributed by atoms with Gasteiger partial charge in [-0.1, -0.05) is 13.8 Å². The summed E-state index contributed by atoms with van der Waals surface area (Å²) in [5.41, 5.74) is -0.379. The van der Waals surface area contributed by atoms with Crippen molar-refractivity contribution in [3.05, 3.63) is 0 Å². The summed E-state index contributed by atoms with van der Waals surface area (Å²) in [6.45, 7) is 7.73. The van der Waals surface area contributed by atoms with E-state index in [1.165, 1.54) is 0 Å². The highest BCUT2D eigenvalue weighted by Crippen LogP contribution is 2.65. The summed E-state index contributed by atoms with van der Waals surface area (Å²) in [6.07, 6.45) is 3.15. The molecule has 2 fully saturated rings. The van der Waals surface area contributed by atoms with Crippen LogP contribution in [0.1, 0.15) is 53.4 Å². The van der Waals surface area contributed by atoms with Gasteiger partial charge in [0.05, 0.1) is 11.0 Å². The molecule has 2 aliphatic rings. The van der Waals surface area contributed by atoms with Gasteiger partial charge in [0, 0.05) is 11.8 Å². The van der Waals surface area contributed by atoms with Crippen molar-refractivity contribution >= 4 is 15.6 Å². The van der Waals surface area contributed by atoms with E-state index in [1.54, 1.807) is 13.8 Å². The number of carbonyl (C=O) groups is 1. The third kappa shape index (κ3) is 1.75. The number of ketones is 1. The maximum atomic E-state index is 12.3. The quantitative estimate of drug-likeness (QED) is 0.790. The van der Waals surface area contributed by atoms with Gasteiger partial charge in [0.1, 0.15) is 5.78 Å². The molecule has 0 aliphatic heterocycles. The molecule has 0 aromatic heterocycles. The van der Waals surface area contributed by atoms with Gasteiger partial charge in [-0.05, 0) is 44.4 Å². The number of Topliss-reactive ketones (excluding diaryl/α,β-unsaturated/α-hetero) is 1. The lowest BCUT2D eigenvalue weighted by Crippen LogP contribution is -2.38. The summed E-state index contributed by atoms with van der Waals surface area (Å²) < 4.78 is 23.9. The zero-order valence-electron chi connectivity index (χ0n) is 11.8. The molecule has 0 aromatic carbocycles. The molecular weight excluding hydrogens is 248 g/mol. The number of hydrogen-bond donors (Lipinski definition) is 0. The predicted octanol–water partition coefficient (Wildman–Crippen LogP) is 2.60. The molecule has 0 saturated heterocycles. The van der Waals surface area contributed by atoms with E-state index in [9.17, 15) is 13.2 Å². The molecule has 0 spiro atoms. The Hall–Kier alpha value is -0.380. The van der Waals surface area contributed by atoms with E-state index >= 15 is 0 Å². The fourth-order valence-electron chi connectivity index (χ4n) is 3.91. The Morgan fingerprint density at radius 2 is 1.94 bits per heavy atom. The highest BCUT2D eigenvalue weighted by atomic mass is 32.2. The number of carbonyl (C=O) groups excluding carboxylic acids is 1. The van der Waals surface area contributed by atoms with E-state index in [4.69, 9.17) is 0 Å². The van der Waals surface area contributed by atoms with E-state index in [1.807, 2.05) is 0 Å². The maximum absolute atomic E-state index is 12.3. The number of hydrogen-bond acceptors (Lipinski definition) is 3. The highest BCUT2D eigenvalue weighted by molar-refractivity contribution is 7.91. The van der Waals surface area contributed by atoms with Gasteiger partial charge < -0.3 is 0 Å². The molecular formula is C14H24O3S. The Morgan fingerprint density at radius 1 is 1.33 bits per heavy atom. The Labute approximate surface area is 110 Å². The van der Waals surface area contributed by atoms with Crippen LogP contribution in [0.5, 0.6) is 0 Å². The van der Waals surface area contributed by atoms with Crippen molar-refractivity contribution in [1.82, 2.24) is 0 Å². The van der Waals surface area contributed by atoms with Crippen molar-refractivity contribution in [3.8, 4) is 0 Å². The molecule has 3 nitrogen and oxygen atoms in total. The summed E-state index contributed by atoms with van der Waals surface area (Å²) in [6, 6.07) is 0. The smallest absolute Gasteiger partial charge is 0.152 e. The van der Waals surface area contributed by atoms with Crippen LogP contribution < -0.4 is 0 Å². The van der Waals surface area contributed by atoms with Crippen LogP contribution in [0, 0.1) is 16.7 Å². The van der Waals surface area contributed by atoms with Gasteiger partial charge in [0.2, 0.25) is 0 Å². The first-order valence-corrected chi connectivity index (χ1v) is 8.60. The third-order valence-electron chi connectivity index (χ3n) is 5.67. The fraction of sp³-hybridized carbons (Fsp3) is 0.929. The first kappa shape index (κ1) is 14.0. The Balaban J connectivity index is 2.20. The van der Waals surface area contributed by atoms with Crippen LogP contribution in [-0.4, -0.2) is 25.2 Å². The summed E-state index contributed by atoms with van der Waals surface area (Å²) >= 11 is 0. The molecule has 0 aromatic rings. The van der Waals surface area contributed by atoms with Crippen LogP contribution >= 0.6 is 0 Å². The van der Waals surface area contributed by atoms with Crippen molar-refractivity contribution in [3.63, 3.8) is 0 Å². The minimum Gasteiger partial charge on any atom is -0.299 e. The Kier molecular flexibility index (Phi) is 3.16. The van der Waals surface area contributed by atoms with Gasteiger partial charge in [-0.2, -0.15) is 0 Å². The normalized spacial score (nSPS) is 34.5. The van der Waals surface area contributed by atoms with Crippen LogP contribution in [0.15, 0.2) is 0 Å². The second-order valence-corrected chi connectivity index (χ2v) is 9.51. The molecule has 2 atom stereocenters. The fourth-order valence-corrected chi connectivity index (χ4v) is 5.01. The van der Waals surface area contributed by atoms with Gasteiger partial charge >= 0.3 is 0 Å². The molecule has 0 N–H and O–H groups in total. The molecule has 0 unspecified atom stereocenters. The van der Waals surface area contributed by atoms with Crippen LogP contribution in [0.3, 0.4) is 0 Å². The largest absolute Gasteiger partial charge is 0.299 e. The van der Waals surface area contributed by atoms with Gasteiger partial charge in [0.15, 0.2) is 9.84 Å². The van der Waals surface area contributed by atoms with Crippen LogP contribution in [0.2, 0.25) is 0 Å². The third-order valence-corrected chi connectivity index (χ3v) is 7.88. The molecule has 104 valence electrons. The number of sulfone groups is 1. The van der Waals surface area contributed by atoms with E-state index in [0.29, 0.717) is 24.5 Å². The summed E-state index contributed by atoms with van der Waals surface area (Å²) in [5, 5.41) is -0.342. The molecule has 4 heteroatoms. The lowest BCUT2D eigenvalue weighted by atomic mass is 9.67. The lowest BCUT2D eigenvalue weighted by Gasteiger charge is -2.36. The zero-order valence-corrected chi connectivity index (χ0v) is 12.6. The summed E-state index contributed by atoms with van der Waals surface area (Å²) in [4.78, 5) is 12.3. The van der Waals surface area contributed by atoms with Gasteiger partial charge in [-0.15, -0.1) is 0 Å². The minimum absolute atomic E-state index is 0.0173. The molecule has 2 aliphatic carbocycles. The van der Waals surface area contributed by atoms with Crippen molar-refractivity contribution in [2.24, 2.45) is 16.7 Å². The first-order chi connectivity index (χ1) is 8.13. The highest BCUT2D eigenvalue weighted by Gasteiger charge is 2.63. The van der Waals surface area contributed by atoms with Crippen molar-refractivity contribution in [2.45, 2.75) is 58.6 Å². The number of rotatable bonds is 4. The predicted molar refractivity (Wildman–Crippen MR) is 72.1 cm³/mol. The SMILES string of the molecule is CC(C)S(=O)(=O)CC[C@]12CC[C@@H](CC1=O)C2(C)C. The topological polar surface area (TPSA) is 51.2 Å². The van der Waals surface area contributed by atoms with E-state index in [-0.39, 0.29) is 21.8 Å². The average Bonchev–Trinajstić information content (AvgIpc) is 2.60. The first-order valence-electron chi connectivity index (χ1n) is 6.88. The van der Waals surface area contributed by atoms with Crippen LogP contribution in [0.4, 0.5) is 0 Å². The van der Waals surface area contributed by atoms with E-state index in [2.05, 4.69) is 13.8 Å². The Morgan fingerprint density at radius 3 is 2.33 bits per heavy atom.